The third-order valence-corrected chi connectivity index (χ3v) is 6.06. The summed E-state index contributed by atoms with van der Waals surface area (Å²) in [4.78, 5) is 23.8. The van der Waals surface area contributed by atoms with Crippen LogP contribution >= 0.6 is 0 Å². The maximum absolute atomic E-state index is 13.0. The lowest BCUT2D eigenvalue weighted by molar-refractivity contribution is -0.129. The number of nitrogens with zero attached hydrogens (tertiary/aromatic N) is 1. The van der Waals surface area contributed by atoms with E-state index in [1.165, 1.54) is 16.4 Å². The van der Waals surface area contributed by atoms with Gasteiger partial charge in [-0.25, -0.2) is 12.8 Å². The molecule has 7 nitrogen and oxygen atoms in total. The van der Waals surface area contributed by atoms with Gasteiger partial charge in [-0.05, 0) is 51.0 Å². The van der Waals surface area contributed by atoms with Crippen molar-refractivity contribution in [1.29, 1.82) is 0 Å². The zero-order valence-electron chi connectivity index (χ0n) is 14.9. The number of carbonyl (C=O) groups excluding carboxylic acids is 2. The topological polar surface area (TPSA) is 95.6 Å². The minimum Gasteiger partial charge on any atom is -0.352 e. The molecule has 144 valence electrons. The van der Waals surface area contributed by atoms with Crippen LogP contribution in [0.4, 0.5) is 4.39 Å². The molecule has 0 saturated carbocycles. The van der Waals surface area contributed by atoms with Crippen molar-refractivity contribution in [3.63, 3.8) is 0 Å². The monoisotopic (exact) mass is 385 g/mol. The summed E-state index contributed by atoms with van der Waals surface area (Å²) < 4.78 is 39.4. The van der Waals surface area contributed by atoms with E-state index in [-0.39, 0.29) is 48.3 Å². The zero-order valence-corrected chi connectivity index (χ0v) is 15.7. The third kappa shape index (κ3) is 5.25. The molecule has 0 atom stereocenters. The predicted molar refractivity (Wildman–Crippen MR) is 94.2 cm³/mol. The van der Waals surface area contributed by atoms with Crippen LogP contribution in [0.1, 0.15) is 26.7 Å². The number of rotatable bonds is 6. The van der Waals surface area contributed by atoms with E-state index in [4.69, 9.17) is 0 Å². The van der Waals surface area contributed by atoms with Crippen LogP contribution in [-0.2, 0) is 19.6 Å². The van der Waals surface area contributed by atoms with Gasteiger partial charge in [0.15, 0.2) is 0 Å². The van der Waals surface area contributed by atoms with Crippen LogP contribution in [0.5, 0.6) is 0 Å². The second-order valence-electron chi connectivity index (χ2n) is 6.57. The lowest BCUT2D eigenvalue weighted by Gasteiger charge is -2.30. The molecule has 1 heterocycles. The SMILES string of the molecule is CC(C)NC(=O)CNC(=O)C1CCN(S(=O)(=O)c2ccc(F)cc2)CC1. The van der Waals surface area contributed by atoms with Gasteiger partial charge in [0.05, 0.1) is 11.4 Å². The molecule has 1 aromatic carbocycles. The Labute approximate surface area is 153 Å². The van der Waals surface area contributed by atoms with E-state index >= 15 is 0 Å². The number of carbonyl (C=O) groups is 2. The number of hydrogen-bond acceptors (Lipinski definition) is 4. The van der Waals surface area contributed by atoms with Gasteiger partial charge in [0.25, 0.3) is 0 Å². The second kappa shape index (κ2) is 8.59. The van der Waals surface area contributed by atoms with Gasteiger partial charge in [-0.1, -0.05) is 0 Å². The van der Waals surface area contributed by atoms with Crippen LogP contribution in [0.2, 0.25) is 0 Å². The van der Waals surface area contributed by atoms with E-state index in [1.807, 2.05) is 13.8 Å². The number of amides is 2. The Morgan fingerprint density at radius 2 is 1.77 bits per heavy atom. The lowest BCUT2D eigenvalue weighted by Crippen LogP contribution is -2.45. The number of halogens is 1. The molecular formula is C17H24FN3O4S. The van der Waals surface area contributed by atoms with Crippen molar-refractivity contribution >= 4 is 21.8 Å². The Morgan fingerprint density at radius 3 is 2.31 bits per heavy atom. The molecule has 2 amide bonds. The molecule has 2 N–H and O–H groups in total. The van der Waals surface area contributed by atoms with Crippen molar-refractivity contribution < 1.29 is 22.4 Å². The van der Waals surface area contributed by atoms with Gasteiger partial charge in [0, 0.05) is 25.0 Å². The highest BCUT2D eigenvalue weighted by molar-refractivity contribution is 7.89. The quantitative estimate of drug-likeness (QED) is 0.759. The van der Waals surface area contributed by atoms with Gasteiger partial charge in [-0.2, -0.15) is 4.31 Å². The van der Waals surface area contributed by atoms with E-state index in [0.717, 1.165) is 12.1 Å². The van der Waals surface area contributed by atoms with Crippen LogP contribution in [0.25, 0.3) is 0 Å². The van der Waals surface area contributed by atoms with Gasteiger partial charge in [0.2, 0.25) is 21.8 Å². The van der Waals surface area contributed by atoms with E-state index in [0.29, 0.717) is 12.8 Å². The number of nitrogens with one attached hydrogen (secondary N) is 2. The minimum atomic E-state index is -3.70. The number of benzene rings is 1. The molecule has 9 heteroatoms. The van der Waals surface area contributed by atoms with Crippen LogP contribution in [0.3, 0.4) is 0 Å². The van der Waals surface area contributed by atoms with Gasteiger partial charge in [-0.15, -0.1) is 0 Å². The van der Waals surface area contributed by atoms with Crippen molar-refractivity contribution in [2.75, 3.05) is 19.6 Å². The maximum Gasteiger partial charge on any atom is 0.243 e. The summed E-state index contributed by atoms with van der Waals surface area (Å²) in [6, 6.07) is 4.68. The van der Waals surface area contributed by atoms with Crippen molar-refractivity contribution in [3.05, 3.63) is 30.1 Å². The highest BCUT2D eigenvalue weighted by Crippen LogP contribution is 2.24. The molecule has 1 saturated heterocycles. The Morgan fingerprint density at radius 1 is 1.19 bits per heavy atom. The fraction of sp³-hybridized carbons (Fsp3) is 0.529. The molecule has 2 rings (SSSR count). The zero-order chi connectivity index (χ0) is 19.3. The maximum atomic E-state index is 13.0. The van der Waals surface area contributed by atoms with Crippen molar-refractivity contribution in [2.24, 2.45) is 5.92 Å². The van der Waals surface area contributed by atoms with Crippen molar-refractivity contribution in [1.82, 2.24) is 14.9 Å². The molecular weight excluding hydrogens is 361 g/mol. The fourth-order valence-electron chi connectivity index (χ4n) is 2.80. The molecule has 0 aliphatic carbocycles. The Bertz CT molecular complexity index is 742. The number of sulfonamides is 1. The van der Waals surface area contributed by atoms with Crippen LogP contribution < -0.4 is 10.6 Å². The van der Waals surface area contributed by atoms with E-state index in [9.17, 15) is 22.4 Å². The summed E-state index contributed by atoms with van der Waals surface area (Å²) in [6.45, 7) is 3.98. The molecule has 1 aliphatic rings. The van der Waals surface area contributed by atoms with Gasteiger partial charge < -0.3 is 10.6 Å². The number of hydrogen-bond donors (Lipinski definition) is 2. The average molecular weight is 385 g/mol. The highest BCUT2D eigenvalue weighted by atomic mass is 32.2. The van der Waals surface area contributed by atoms with Crippen molar-refractivity contribution in [3.8, 4) is 0 Å². The van der Waals surface area contributed by atoms with E-state index < -0.39 is 15.8 Å². The Hall–Kier alpha value is -2.00. The fourth-order valence-corrected chi connectivity index (χ4v) is 4.27. The van der Waals surface area contributed by atoms with Crippen LogP contribution in [-0.4, -0.2) is 50.2 Å². The second-order valence-corrected chi connectivity index (χ2v) is 8.51. The van der Waals surface area contributed by atoms with Gasteiger partial charge in [-0.3, -0.25) is 9.59 Å². The normalized spacial score (nSPS) is 16.5. The first-order valence-electron chi connectivity index (χ1n) is 8.53. The summed E-state index contributed by atoms with van der Waals surface area (Å²) in [5.41, 5.74) is 0. The smallest absolute Gasteiger partial charge is 0.243 e. The summed E-state index contributed by atoms with van der Waals surface area (Å²) in [7, 11) is -3.70. The highest BCUT2D eigenvalue weighted by Gasteiger charge is 2.32. The molecule has 0 radical (unpaired) electrons. The molecule has 1 aliphatic heterocycles. The molecule has 1 fully saturated rings. The predicted octanol–water partition coefficient (Wildman–Crippen LogP) is 0.867. The first-order valence-corrected chi connectivity index (χ1v) is 9.97. The molecule has 0 unspecified atom stereocenters. The third-order valence-electron chi connectivity index (χ3n) is 4.15. The van der Waals surface area contributed by atoms with E-state index in [1.54, 1.807) is 0 Å². The van der Waals surface area contributed by atoms with E-state index in [2.05, 4.69) is 10.6 Å². The van der Waals surface area contributed by atoms with Crippen LogP contribution in [0.15, 0.2) is 29.2 Å². The lowest BCUT2D eigenvalue weighted by atomic mass is 9.97. The average Bonchev–Trinajstić information content (AvgIpc) is 2.59. The largest absolute Gasteiger partial charge is 0.352 e. The van der Waals surface area contributed by atoms with Crippen LogP contribution in [0, 0.1) is 11.7 Å². The first-order chi connectivity index (χ1) is 12.2. The summed E-state index contributed by atoms with van der Waals surface area (Å²) in [5, 5.41) is 5.27. The molecule has 1 aromatic rings. The molecule has 0 bridgehead atoms. The Kier molecular flexibility index (Phi) is 6.71. The standard InChI is InChI=1S/C17H24FN3O4S/c1-12(2)20-16(22)11-19-17(23)13-7-9-21(10-8-13)26(24,25)15-5-3-14(18)4-6-15/h3-6,12-13H,7-11H2,1-2H3,(H,19,23)(H,20,22). The van der Waals surface area contributed by atoms with Gasteiger partial charge in [0.1, 0.15) is 5.82 Å². The van der Waals surface area contributed by atoms with Crippen molar-refractivity contribution in [2.45, 2.75) is 37.6 Å². The summed E-state index contributed by atoms with van der Waals surface area (Å²) in [5.74, 6) is -1.34. The Balaban J connectivity index is 1.87. The summed E-state index contributed by atoms with van der Waals surface area (Å²) >= 11 is 0. The summed E-state index contributed by atoms with van der Waals surface area (Å²) in [6.07, 6.45) is 0.746. The molecule has 26 heavy (non-hydrogen) atoms. The van der Waals surface area contributed by atoms with Gasteiger partial charge >= 0.3 is 0 Å². The molecule has 0 spiro atoms. The number of piperidine rings is 1. The first kappa shape index (κ1) is 20.3. The minimum absolute atomic E-state index is 0.000640. The molecule has 0 aromatic heterocycles.